The Morgan fingerprint density at radius 1 is 1.15 bits per heavy atom. The average molecular weight is 449 g/mol. The third-order valence-electron chi connectivity index (χ3n) is 5.25. The van der Waals surface area contributed by atoms with E-state index in [0.29, 0.717) is 42.9 Å². The number of anilines is 3. The molecule has 0 bridgehead atoms. The normalized spacial score (nSPS) is 14.2. The summed E-state index contributed by atoms with van der Waals surface area (Å²) in [5.41, 5.74) is 3.53. The molecule has 2 aromatic carbocycles. The van der Waals surface area contributed by atoms with Gasteiger partial charge in [0.2, 0.25) is 5.91 Å². The minimum Gasteiger partial charge on any atom is -0.370 e. The molecule has 1 aliphatic heterocycles. The van der Waals surface area contributed by atoms with Gasteiger partial charge in [-0.15, -0.1) is 6.42 Å². The number of ether oxygens (including phenoxy) is 1. The van der Waals surface area contributed by atoms with Gasteiger partial charge in [0.25, 0.3) is 5.91 Å². The number of nitrogens with zero attached hydrogens (tertiary/aromatic N) is 1. The van der Waals surface area contributed by atoms with E-state index in [0.717, 1.165) is 11.3 Å². The molecule has 172 valence electrons. The first-order valence-corrected chi connectivity index (χ1v) is 10.8. The summed E-state index contributed by atoms with van der Waals surface area (Å²) in [6.45, 7) is 4.88. The maximum atomic E-state index is 12.9. The Hall–Kier alpha value is -3.83. The third kappa shape index (κ3) is 6.34. The number of aryl methyl sites for hydroxylation is 1. The Morgan fingerprint density at radius 3 is 2.52 bits per heavy atom. The van der Waals surface area contributed by atoms with Gasteiger partial charge in [-0.05, 0) is 61.4 Å². The van der Waals surface area contributed by atoms with Gasteiger partial charge in [0, 0.05) is 29.2 Å². The summed E-state index contributed by atoms with van der Waals surface area (Å²) in [5, 5.41) is 8.30. The lowest BCUT2D eigenvalue weighted by Gasteiger charge is -2.28. The van der Waals surface area contributed by atoms with E-state index in [1.807, 2.05) is 26.0 Å². The predicted octanol–water partition coefficient (Wildman–Crippen LogP) is 3.27. The summed E-state index contributed by atoms with van der Waals surface area (Å²) in [6, 6.07) is 11.0. The molecule has 3 rings (SSSR count). The van der Waals surface area contributed by atoms with Crippen LogP contribution in [0.1, 0.15) is 30.9 Å². The van der Waals surface area contributed by atoms with Crippen molar-refractivity contribution in [3.05, 3.63) is 53.6 Å². The van der Waals surface area contributed by atoms with Crippen molar-refractivity contribution in [1.82, 2.24) is 5.32 Å². The lowest BCUT2D eigenvalue weighted by molar-refractivity contribution is -0.125. The molecule has 1 saturated heterocycles. The van der Waals surface area contributed by atoms with Crippen molar-refractivity contribution in [3.63, 3.8) is 0 Å². The number of rotatable bonds is 7. The Labute approximate surface area is 193 Å². The van der Waals surface area contributed by atoms with Crippen molar-refractivity contribution >= 4 is 34.9 Å². The highest BCUT2D eigenvalue weighted by atomic mass is 16.5. The fourth-order valence-electron chi connectivity index (χ4n) is 3.57. The number of nitrogens with one attached hydrogen (secondary N) is 3. The van der Waals surface area contributed by atoms with E-state index in [1.54, 1.807) is 35.2 Å². The van der Waals surface area contributed by atoms with Crippen molar-refractivity contribution in [2.45, 2.75) is 32.7 Å². The van der Waals surface area contributed by atoms with Crippen LogP contribution >= 0.6 is 0 Å². The highest BCUT2D eigenvalue weighted by molar-refractivity contribution is 6.00. The smallest absolute Gasteiger partial charge is 0.319 e. The molecule has 4 amide bonds. The minimum absolute atomic E-state index is 0.0679. The SMILES string of the molecule is C#Cc1ccc(NC(=O)N[C@H](CCC)C(=O)Nc2ccc(N3CCOCC3=O)c(C)c2)cc1. The Bertz CT molecular complexity index is 1060. The van der Waals surface area contributed by atoms with E-state index < -0.39 is 12.1 Å². The van der Waals surface area contributed by atoms with Gasteiger partial charge in [0.1, 0.15) is 12.6 Å². The zero-order chi connectivity index (χ0) is 23.8. The predicted molar refractivity (Wildman–Crippen MR) is 128 cm³/mol. The molecule has 0 aromatic heterocycles. The van der Waals surface area contributed by atoms with E-state index in [9.17, 15) is 14.4 Å². The van der Waals surface area contributed by atoms with Crippen molar-refractivity contribution in [2.24, 2.45) is 0 Å². The molecule has 8 nitrogen and oxygen atoms in total. The van der Waals surface area contributed by atoms with Crippen molar-refractivity contribution < 1.29 is 19.1 Å². The standard InChI is InChI=1S/C25H28N4O4/c1-4-6-21(28-25(32)27-19-9-7-18(5-2)8-10-19)24(31)26-20-11-12-22(17(3)15-20)29-13-14-33-16-23(29)30/h2,7-12,15,21H,4,6,13-14,16H2,1,3H3,(H,26,31)(H2,27,28,32)/t21-/m1/s1. The van der Waals surface area contributed by atoms with Crippen LogP contribution in [-0.2, 0) is 14.3 Å². The zero-order valence-electron chi connectivity index (χ0n) is 18.8. The van der Waals surface area contributed by atoms with Gasteiger partial charge in [-0.25, -0.2) is 4.79 Å². The Balaban J connectivity index is 1.63. The molecule has 0 radical (unpaired) electrons. The summed E-state index contributed by atoms with van der Waals surface area (Å²) < 4.78 is 5.18. The average Bonchev–Trinajstić information content (AvgIpc) is 2.80. The van der Waals surface area contributed by atoms with Crippen LogP contribution in [0, 0.1) is 19.3 Å². The Kier molecular flexibility index (Phi) is 8.06. The summed E-state index contributed by atoms with van der Waals surface area (Å²) in [7, 11) is 0. The third-order valence-corrected chi connectivity index (χ3v) is 5.25. The largest absolute Gasteiger partial charge is 0.370 e. The van der Waals surface area contributed by atoms with Crippen LogP contribution in [0.25, 0.3) is 0 Å². The van der Waals surface area contributed by atoms with Crippen LogP contribution in [0.5, 0.6) is 0 Å². The van der Waals surface area contributed by atoms with Crippen molar-refractivity contribution in [2.75, 3.05) is 35.3 Å². The molecule has 3 N–H and O–H groups in total. The van der Waals surface area contributed by atoms with Crippen molar-refractivity contribution in [3.8, 4) is 12.3 Å². The van der Waals surface area contributed by atoms with Gasteiger partial charge in [-0.2, -0.15) is 0 Å². The maximum Gasteiger partial charge on any atom is 0.319 e. The second-order valence-electron chi connectivity index (χ2n) is 7.75. The van der Waals surface area contributed by atoms with Crippen LogP contribution in [-0.4, -0.2) is 43.6 Å². The van der Waals surface area contributed by atoms with Gasteiger partial charge in [0.15, 0.2) is 0 Å². The van der Waals surface area contributed by atoms with Crippen LogP contribution in [0.3, 0.4) is 0 Å². The molecule has 1 aliphatic rings. The summed E-state index contributed by atoms with van der Waals surface area (Å²) in [5.74, 6) is 2.11. The van der Waals surface area contributed by atoms with E-state index >= 15 is 0 Å². The van der Waals surface area contributed by atoms with Gasteiger partial charge >= 0.3 is 6.03 Å². The molecule has 1 fully saturated rings. The lowest BCUT2D eigenvalue weighted by Crippen LogP contribution is -2.45. The topological polar surface area (TPSA) is 99.8 Å². The number of urea groups is 1. The summed E-state index contributed by atoms with van der Waals surface area (Å²) in [6.07, 6.45) is 6.54. The molecular weight excluding hydrogens is 420 g/mol. The number of hydrogen-bond acceptors (Lipinski definition) is 4. The molecule has 1 atom stereocenters. The molecule has 0 aliphatic carbocycles. The quantitative estimate of drug-likeness (QED) is 0.566. The molecule has 1 heterocycles. The molecule has 2 aromatic rings. The van der Waals surface area contributed by atoms with Crippen LogP contribution in [0.4, 0.5) is 21.9 Å². The first kappa shape index (κ1) is 23.8. The van der Waals surface area contributed by atoms with Crippen LogP contribution in [0.2, 0.25) is 0 Å². The number of hydrogen-bond donors (Lipinski definition) is 3. The molecule has 0 unspecified atom stereocenters. The minimum atomic E-state index is -0.708. The van der Waals surface area contributed by atoms with Gasteiger partial charge in [0.05, 0.1) is 6.61 Å². The number of carbonyl (C=O) groups is 3. The lowest BCUT2D eigenvalue weighted by atomic mass is 10.1. The fraction of sp³-hybridized carbons (Fsp3) is 0.320. The van der Waals surface area contributed by atoms with Crippen LogP contribution < -0.4 is 20.9 Å². The molecule has 0 saturated carbocycles. The number of amides is 4. The molecule has 8 heteroatoms. The number of benzene rings is 2. The molecular formula is C25H28N4O4. The zero-order valence-corrected chi connectivity index (χ0v) is 18.8. The first-order valence-electron chi connectivity index (χ1n) is 10.8. The van der Waals surface area contributed by atoms with Gasteiger partial charge in [-0.3, -0.25) is 9.59 Å². The van der Waals surface area contributed by atoms with Crippen LogP contribution in [0.15, 0.2) is 42.5 Å². The number of morpholine rings is 1. The highest BCUT2D eigenvalue weighted by Crippen LogP contribution is 2.25. The molecule has 33 heavy (non-hydrogen) atoms. The summed E-state index contributed by atoms with van der Waals surface area (Å²) in [4.78, 5) is 39.1. The van der Waals surface area contributed by atoms with E-state index in [2.05, 4.69) is 21.9 Å². The highest BCUT2D eigenvalue weighted by Gasteiger charge is 2.23. The fourth-order valence-corrected chi connectivity index (χ4v) is 3.57. The monoisotopic (exact) mass is 448 g/mol. The maximum absolute atomic E-state index is 12.9. The summed E-state index contributed by atoms with van der Waals surface area (Å²) >= 11 is 0. The molecule has 0 spiro atoms. The van der Waals surface area contributed by atoms with Gasteiger partial charge < -0.3 is 25.6 Å². The number of carbonyl (C=O) groups excluding carboxylic acids is 3. The van der Waals surface area contributed by atoms with Gasteiger partial charge in [-0.1, -0.05) is 19.3 Å². The second-order valence-corrected chi connectivity index (χ2v) is 7.75. The Morgan fingerprint density at radius 2 is 1.88 bits per heavy atom. The van der Waals surface area contributed by atoms with E-state index in [4.69, 9.17) is 11.2 Å². The van der Waals surface area contributed by atoms with E-state index in [1.165, 1.54) is 0 Å². The number of terminal acetylenes is 1. The second kappa shape index (κ2) is 11.2. The first-order chi connectivity index (χ1) is 15.9. The van der Waals surface area contributed by atoms with Crippen molar-refractivity contribution in [1.29, 1.82) is 0 Å². The van der Waals surface area contributed by atoms with E-state index in [-0.39, 0.29) is 18.4 Å².